The van der Waals surface area contributed by atoms with Crippen molar-refractivity contribution in [3.05, 3.63) is 94.7 Å². The number of aromatic nitrogens is 5. The maximum absolute atomic E-state index is 13.3. The number of benzene rings is 2. The summed E-state index contributed by atoms with van der Waals surface area (Å²) >= 11 is 6.05. The second-order valence-corrected chi connectivity index (χ2v) is 12.1. The van der Waals surface area contributed by atoms with Gasteiger partial charge in [0.25, 0.3) is 5.91 Å². The molecule has 5 heterocycles. The molecule has 0 bridgehead atoms. The van der Waals surface area contributed by atoms with Crippen molar-refractivity contribution in [2.45, 2.75) is 51.1 Å². The summed E-state index contributed by atoms with van der Waals surface area (Å²) in [5, 5.41) is 13.6. The topological polar surface area (TPSA) is 149 Å². The Morgan fingerprint density at radius 1 is 1.04 bits per heavy atom. The number of likely N-dealkylation sites (tertiary alicyclic amines) is 2. The van der Waals surface area contributed by atoms with E-state index in [2.05, 4.69) is 20.0 Å². The number of fused-ring (bicyclic) bond motifs is 1. The first-order chi connectivity index (χ1) is 23.3. The standard InChI is InChI=1S/C33H31ClFN7O6/c34-24-16-21(35)2-4-28(24)46-19-29-36-10-5-31(38-29)48-23-7-11-40(12-8-23)18-30-37-25-3-1-20(33(44)45)15-27(25)42(30)17-22-6-13-41(22)32(43)26-9-14-47-39-26/h1-5,9-10,14-16,22-23H,6-8,11-13,17-19H2,(H,44,45)/t22-/m1/s1. The van der Waals surface area contributed by atoms with Crippen LogP contribution in [0.4, 0.5) is 4.39 Å². The van der Waals surface area contributed by atoms with Crippen LogP contribution in [0.2, 0.25) is 5.02 Å². The molecule has 13 nitrogen and oxygen atoms in total. The van der Waals surface area contributed by atoms with Gasteiger partial charge in [0.05, 0.1) is 34.2 Å². The third kappa shape index (κ3) is 6.80. The lowest BCUT2D eigenvalue weighted by Gasteiger charge is -2.41. The van der Waals surface area contributed by atoms with Crippen molar-refractivity contribution in [1.82, 2.24) is 34.5 Å². The lowest BCUT2D eigenvalue weighted by atomic mass is 10.0. The highest BCUT2D eigenvalue weighted by Crippen LogP contribution is 2.28. The van der Waals surface area contributed by atoms with E-state index >= 15 is 0 Å². The fourth-order valence-electron chi connectivity index (χ4n) is 6.01. The van der Waals surface area contributed by atoms with Gasteiger partial charge in [0.15, 0.2) is 11.5 Å². The smallest absolute Gasteiger partial charge is 0.335 e. The van der Waals surface area contributed by atoms with Gasteiger partial charge < -0.3 is 28.6 Å². The third-order valence-corrected chi connectivity index (χ3v) is 8.94. The molecule has 2 fully saturated rings. The normalized spacial score (nSPS) is 17.0. The molecular weight excluding hydrogens is 645 g/mol. The van der Waals surface area contributed by atoms with E-state index in [9.17, 15) is 19.1 Å². The summed E-state index contributed by atoms with van der Waals surface area (Å²) in [6.45, 7) is 3.18. The summed E-state index contributed by atoms with van der Waals surface area (Å²) < 4.78 is 32.1. The molecule has 3 aromatic heterocycles. The van der Waals surface area contributed by atoms with Crippen molar-refractivity contribution in [2.75, 3.05) is 19.6 Å². The average Bonchev–Trinajstić information content (AvgIpc) is 3.72. The van der Waals surface area contributed by atoms with Crippen molar-refractivity contribution < 1.29 is 33.1 Å². The first kappa shape index (κ1) is 31.5. The number of carbonyl (C=O) groups is 2. The van der Waals surface area contributed by atoms with Crippen LogP contribution in [0.1, 0.15) is 51.8 Å². The summed E-state index contributed by atoms with van der Waals surface area (Å²) in [5.74, 6) is 0.323. The molecule has 5 aromatic rings. The Morgan fingerprint density at radius 2 is 1.90 bits per heavy atom. The molecule has 0 spiro atoms. The number of hydrogen-bond donors (Lipinski definition) is 1. The van der Waals surface area contributed by atoms with Crippen LogP contribution >= 0.6 is 11.6 Å². The number of rotatable bonds is 11. The fourth-order valence-corrected chi connectivity index (χ4v) is 6.24. The largest absolute Gasteiger partial charge is 0.484 e. The van der Waals surface area contributed by atoms with Crippen molar-refractivity contribution in [2.24, 2.45) is 0 Å². The highest BCUT2D eigenvalue weighted by Gasteiger charge is 2.35. The Kier molecular flexibility index (Phi) is 8.91. The summed E-state index contributed by atoms with van der Waals surface area (Å²) in [7, 11) is 0. The Morgan fingerprint density at radius 3 is 2.62 bits per heavy atom. The second-order valence-electron chi connectivity index (χ2n) is 11.7. The van der Waals surface area contributed by atoms with E-state index in [0.29, 0.717) is 48.1 Å². The summed E-state index contributed by atoms with van der Waals surface area (Å²) in [6.07, 6.45) is 5.24. The Hall–Kier alpha value is -5.08. The zero-order valence-electron chi connectivity index (χ0n) is 25.7. The van der Waals surface area contributed by atoms with E-state index < -0.39 is 11.8 Å². The number of carboxylic acid groups (broad SMARTS) is 1. The molecule has 2 saturated heterocycles. The minimum Gasteiger partial charge on any atom is -0.484 e. The van der Waals surface area contributed by atoms with Crippen LogP contribution in [-0.2, 0) is 19.7 Å². The van der Waals surface area contributed by atoms with Gasteiger partial charge in [-0.1, -0.05) is 16.8 Å². The number of hydrogen-bond acceptors (Lipinski definition) is 10. The van der Waals surface area contributed by atoms with E-state index in [1.54, 1.807) is 41.4 Å². The number of aromatic carboxylic acids is 1. The molecule has 2 aliphatic heterocycles. The minimum absolute atomic E-state index is 0.0446. The van der Waals surface area contributed by atoms with Gasteiger partial charge >= 0.3 is 5.97 Å². The van der Waals surface area contributed by atoms with Crippen LogP contribution < -0.4 is 9.47 Å². The van der Waals surface area contributed by atoms with Crippen LogP contribution in [0.5, 0.6) is 11.6 Å². The van der Waals surface area contributed by atoms with Gasteiger partial charge in [-0.2, -0.15) is 4.98 Å². The number of carboxylic acids is 1. The van der Waals surface area contributed by atoms with Crippen molar-refractivity contribution in [1.29, 1.82) is 0 Å². The van der Waals surface area contributed by atoms with E-state index in [1.807, 2.05) is 4.57 Å². The van der Waals surface area contributed by atoms with Gasteiger partial charge in [-0.15, -0.1) is 0 Å². The molecule has 0 unspecified atom stereocenters. The van der Waals surface area contributed by atoms with Crippen LogP contribution in [-0.4, -0.2) is 83.2 Å². The highest BCUT2D eigenvalue weighted by molar-refractivity contribution is 6.32. The van der Waals surface area contributed by atoms with Gasteiger partial charge in [-0.05, 0) is 55.7 Å². The lowest BCUT2D eigenvalue weighted by Crippen LogP contribution is -2.53. The lowest BCUT2D eigenvalue weighted by molar-refractivity contribution is 0.0411. The zero-order chi connectivity index (χ0) is 33.2. The molecule has 1 N–H and O–H groups in total. The van der Waals surface area contributed by atoms with Gasteiger partial charge in [0.1, 0.15) is 36.4 Å². The maximum Gasteiger partial charge on any atom is 0.335 e. The molecule has 48 heavy (non-hydrogen) atoms. The van der Waals surface area contributed by atoms with E-state index in [-0.39, 0.29) is 40.9 Å². The van der Waals surface area contributed by atoms with Crippen molar-refractivity contribution in [3.63, 3.8) is 0 Å². The molecule has 1 atom stereocenters. The second kappa shape index (κ2) is 13.6. The van der Waals surface area contributed by atoms with Gasteiger partial charge in [-0.25, -0.2) is 19.2 Å². The third-order valence-electron chi connectivity index (χ3n) is 8.65. The van der Waals surface area contributed by atoms with Crippen LogP contribution in [0.15, 0.2) is 65.5 Å². The SMILES string of the molecule is O=C(O)c1ccc2nc(CN3CCC(Oc4ccnc(COc5ccc(F)cc5Cl)n4)CC3)n(C[C@H]3CCN3C(=O)c3ccon3)c2c1. The molecule has 2 aromatic carbocycles. The predicted molar refractivity (Wildman–Crippen MR) is 169 cm³/mol. The number of piperidine rings is 1. The van der Waals surface area contributed by atoms with Crippen molar-refractivity contribution in [3.8, 4) is 11.6 Å². The molecule has 2 aliphatic rings. The Bertz CT molecular complexity index is 1950. The van der Waals surface area contributed by atoms with Crippen LogP contribution in [0, 0.1) is 5.82 Å². The number of amides is 1. The Labute approximate surface area is 278 Å². The Balaban J connectivity index is 0.997. The van der Waals surface area contributed by atoms with Crippen LogP contribution in [0.25, 0.3) is 11.0 Å². The highest BCUT2D eigenvalue weighted by atomic mass is 35.5. The van der Waals surface area contributed by atoms with E-state index in [0.717, 1.165) is 38.2 Å². The monoisotopic (exact) mass is 675 g/mol. The van der Waals surface area contributed by atoms with Gasteiger partial charge in [-0.3, -0.25) is 9.69 Å². The van der Waals surface area contributed by atoms with E-state index in [4.69, 9.17) is 30.6 Å². The number of ether oxygens (including phenoxy) is 2. The fraction of sp³-hybridized carbons (Fsp3) is 0.333. The summed E-state index contributed by atoms with van der Waals surface area (Å²) in [4.78, 5) is 42.4. The predicted octanol–water partition coefficient (Wildman–Crippen LogP) is 4.84. The van der Waals surface area contributed by atoms with Crippen molar-refractivity contribution >= 4 is 34.5 Å². The molecule has 1 amide bonds. The molecule has 0 aliphatic carbocycles. The summed E-state index contributed by atoms with van der Waals surface area (Å²) in [5.41, 5.74) is 1.85. The number of carbonyl (C=O) groups excluding carboxylic acids is 1. The zero-order valence-corrected chi connectivity index (χ0v) is 26.4. The molecule has 0 radical (unpaired) electrons. The number of nitrogens with zero attached hydrogens (tertiary/aromatic N) is 7. The average molecular weight is 676 g/mol. The maximum atomic E-state index is 13.3. The first-order valence-electron chi connectivity index (χ1n) is 15.5. The molecule has 0 saturated carbocycles. The molecule has 7 rings (SSSR count). The number of imidazole rings is 1. The van der Waals surface area contributed by atoms with Gasteiger partial charge in [0, 0.05) is 44.5 Å². The minimum atomic E-state index is -1.01. The molecular formula is C33H31ClFN7O6. The van der Waals surface area contributed by atoms with E-state index in [1.165, 1.54) is 24.5 Å². The quantitative estimate of drug-likeness (QED) is 0.205. The number of halogens is 2. The molecule has 248 valence electrons. The van der Waals surface area contributed by atoms with Crippen LogP contribution in [0.3, 0.4) is 0 Å². The molecule has 15 heteroatoms. The first-order valence-corrected chi connectivity index (χ1v) is 15.9. The summed E-state index contributed by atoms with van der Waals surface area (Å²) in [6, 6.07) is 12.0. The van der Waals surface area contributed by atoms with Gasteiger partial charge in [0.2, 0.25) is 5.88 Å².